The number of allylic oxidation sites excluding steroid dienone is 16. The van der Waals surface area contributed by atoms with E-state index >= 15 is 0 Å². The topological polar surface area (TPSA) is 0 Å². The van der Waals surface area contributed by atoms with Gasteiger partial charge in [0.1, 0.15) is 0 Å². The van der Waals surface area contributed by atoms with Crippen LogP contribution < -0.4 is 0 Å². The molecule has 0 saturated carbocycles. The number of rotatable bonds is 4. The fourth-order valence-electron chi connectivity index (χ4n) is 7.76. The van der Waals surface area contributed by atoms with E-state index in [0.717, 1.165) is 0 Å². The Bertz CT molecular complexity index is 1370. The molecule has 1 heterocycles. The molecule has 0 N–H and O–H groups in total. The van der Waals surface area contributed by atoms with Gasteiger partial charge in [0.15, 0.2) is 0 Å². The van der Waals surface area contributed by atoms with Crippen molar-refractivity contribution in [2.24, 2.45) is 0 Å². The van der Waals surface area contributed by atoms with Crippen LogP contribution in [0, 0.1) is 0 Å². The van der Waals surface area contributed by atoms with Crippen molar-refractivity contribution in [1.82, 2.24) is 0 Å². The van der Waals surface area contributed by atoms with Crippen molar-refractivity contribution in [3.63, 3.8) is 0 Å². The van der Waals surface area contributed by atoms with Crippen LogP contribution in [0.5, 0.6) is 0 Å². The molecule has 7 rings (SSSR count). The van der Waals surface area contributed by atoms with Crippen LogP contribution in [0.4, 0.5) is 0 Å². The van der Waals surface area contributed by atoms with Crippen molar-refractivity contribution in [3.8, 4) is 0 Å². The van der Waals surface area contributed by atoms with Gasteiger partial charge in [0, 0.05) is 0 Å². The van der Waals surface area contributed by atoms with E-state index in [1.165, 1.54) is 19.5 Å². The number of hydrogen-bond acceptors (Lipinski definition) is 0. The molecule has 0 amide bonds. The second kappa shape index (κ2) is 9.21. The summed E-state index contributed by atoms with van der Waals surface area (Å²) >= 11 is -2.79. The first-order valence-electron chi connectivity index (χ1n) is 13.8. The van der Waals surface area contributed by atoms with Crippen LogP contribution in [0.2, 0.25) is 15.7 Å². The molecule has 0 radical (unpaired) electrons. The molecule has 1 saturated heterocycles. The first kappa shape index (κ1) is 23.4. The van der Waals surface area contributed by atoms with Gasteiger partial charge in [-0.1, -0.05) is 0 Å². The quantitative estimate of drug-likeness (QED) is 0.291. The van der Waals surface area contributed by atoms with Gasteiger partial charge in [-0.2, -0.15) is 0 Å². The summed E-state index contributed by atoms with van der Waals surface area (Å²) < 4.78 is 4.43. The summed E-state index contributed by atoms with van der Waals surface area (Å²) in [6.45, 7) is 4.89. The minimum atomic E-state index is -2.79. The first-order valence-corrected chi connectivity index (χ1v) is 23.0. The molecule has 0 spiro atoms. The molecule has 0 nitrogen and oxygen atoms in total. The zero-order valence-electron chi connectivity index (χ0n) is 21.8. The minimum absolute atomic E-state index is 0.356. The van der Waals surface area contributed by atoms with E-state index < -0.39 is 20.0 Å². The zero-order valence-corrected chi connectivity index (χ0v) is 25.4. The predicted octanol–water partition coefficient (Wildman–Crippen LogP) is 9.90. The third-order valence-corrected chi connectivity index (χ3v) is 29.0. The van der Waals surface area contributed by atoms with Gasteiger partial charge in [0.05, 0.1) is 0 Å². The summed E-state index contributed by atoms with van der Waals surface area (Å²) in [5.74, 6) is 0.713. The summed E-state index contributed by atoms with van der Waals surface area (Å²) in [4.78, 5) is 0. The molecular formula is C36H34Hf. The first-order chi connectivity index (χ1) is 18.2. The van der Waals surface area contributed by atoms with Crippen molar-refractivity contribution in [2.75, 3.05) is 0 Å². The van der Waals surface area contributed by atoms with Gasteiger partial charge in [-0.15, -0.1) is 0 Å². The van der Waals surface area contributed by atoms with E-state index in [0.29, 0.717) is 19.2 Å². The summed E-state index contributed by atoms with van der Waals surface area (Å²) in [5.41, 5.74) is 12.5. The Kier molecular flexibility index (Phi) is 5.81. The Labute approximate surface area is 226 Å². The third-order valence-electron chi connectivity index (χ3n) is 9.31. The molecule has 5 aliphatic rings. The zero-order chi connectivity index (χ0) is 25.0. The maximum atomic E-state index is 2.58. The van der Waals surface area contributed by atoms with Crippen molar-refractivity contribution in [3.05, 3.63) is 166 Å². The van der Waals surface area contributed by atoms with Gasteiger partial charge in [0.25, 0.3) is 0 Å². The van der Waals surface area contributed by atoms with Crippen molar-refractivity contribution < 1.29 is 20.0 Å². The van der Waals surface area contributed by atoms with Gasteiger partial charge < -0.3 is 0 Å². The standard InChI is InChI=1S/2C17H15.C2H4.Hf/c2*1-13-11-15-9-5-6-10-16(17(15)12-13)14-7-3-2-4-8-14;1-2;/h2*2-12,16H,1H3;1-2H2;. The molecule has 182 valence electrons. The Hall–Kier alpha value is -2.77. The number of benzene rings is 2. The Morgan fingerprint density at radius 1 is 0.541 bits per heavy atom. The van der Waals surface area contributed by atoms with Gasteiger partial charge in [-0.25, -0.2) is 0 Å². The summed E-state index contributed by atoms with van der Waals surface area (Å²) in [7, 11) is 0. The van der Waals surface area contributed by atoms with Crippen molar-refractivity contribution in [2.45, 2.75) is 41.4 Å². The van der Waals surface area contributed by atoms with Crippen LogP contribution in [-0.2, 0) is 20.0 Å². The molecule has 4 unspecified atom stereocenters. The van der Waals surface area contributed by atoms with Crippen LogP contribution in [0.15, 0.2) is 155 Å². The Morgan fingerprint density at radius 3 is 1.38 bits per heavy atom. The van der Waals surface area contributed by atoms with Gasteiger partial charge >= 0.3 is 227 Å². The monoisotopic (exact) mass is 646 g/mol. The van der Waals surface area contributed by atoms with Gasteiger partial charge in [-0.05, 0) is 0 Å². The summed E-state index contributed by atoms with van der Waals surface area (Å²) in [6, 6.07) is 22.2. The van der Waals surface area contributed by atoms with Crippen LogP contribution in [0.25, 0.3) is 0 Å². The fourth-order valence-corrected chi connectivity index (χ4v) is 36.1. The average Bonchev–Trinajstić information content (AvgIpc) is 3.64. The maximum absolute atomic E-state index is 2.79. The molecule has 0 bridgehead atoms. The molecule has 4 aliphatic carbocycles. The van der Waals surface area contributed by atoms with Crippen molar-refractivity contribution >= 4 is 0 Å². The molecule has 1 fully saturated rings. The molecule has 2 aromatic rings. The summed E-state index contributed by atoms with van der Waals surface area (Å²) in [6.07, 6.45) is 24.1. The molecule has 2 aromatic carbocycles. The Morgan fingerprint density at radius 2 is 0.973 bits per heavy atom. The second-order valence-electron chi connectivity index (χ2n) is 11.5. The molecule has 4 atom stereocenters. The number of hydrogen-bond donors (Lipinski definition) is 0. The van der Waals surface area contributed by atoms with E-state index in [9.17, 15) is 0 Å². The molecule has 37 heavy (non-hydrogen) atoms. The normalized spacial score (nSPS) is 29.0. The Balaban J connectivity index is 1.32. The van der Waals surface area contributed by atoms with E-state index in [-0.39, 0.29) is 0 Å². The van der Waals surface area contributed by atoms with E-state index in [1.807, 2.05) is 0 Å². The predicted molar refractivity (Wildman–Crippen MR) is 154 cm³/mol. The van der Waals surface area contributed by atoms with E-state index in [4.69, 9.17) is 0 Å². The SMILES string of the molecule is CC1=CC2=C(C=CC=CC2c2ccccc2)[CH]1[Hf]1([CH]2C(C)=CC3=C2C=CC=CC3c2ccccc2)[CH2][CH2]1. The van der Waals surface area contributed by atoms with Crippen LogP contribution in [0.1, 0.15) is 36.8 Å². The van der Waals surface area contributed by atoms with Crippen LogP contribution in [0.3, 0.4) is 0 Å². The fraction of sp³-hybridized carbons (Fsp3) is 0.222. The average molecular weight is 645 g/mol. The summed E-state index contributed by atoms with van der Waals surface area (Å²) in [5, 5.41) is 0. The molecule has 1 aliphatic heterocycles. The van der Waals surface area contributed by atoms with Gasteiger partial charge in [0.2, 0.25) is 0 Å². The molecule has 1 heteroatoms. The van der Waals surface area contributed by atoms with Gasteiger partial charge in [-0.3, -0.25) is 0 Å². The molecule has 0 aromatic heterocycles. The van der Waals surface area contributed by atoms with Crippen molar-refractivity contribution in [1.29, 1.82) is 0 Å². The van der Waals surface area contributed by atoms with E-state index in [2.05, 4.69) is 135 Å². The molecular weight excluding hydrogens is 611 g/mol. The third kappa shape index (κ3) is 3.81. The van der Waals surface area contributed by atoms with Crippen LogP contribution in [-0.4, -0.2) is 0 Å². The van der Waals surface area contributed by atoms with E-state index in [1.54, 1.807) is 33.4 Å². The van der Waals surface area contributed by atoms with Crippen LogP contribution >= 0.6 is 0 Å². The second-order valence-corrected chi connectivity index (χ2v) is 28.1.